The standard InChI is InChI=1S/C54H36N2OS/c1-4-13-41(14-5-1)55(44-29-23-37(24-30-44)39-27-33-51-47(35-39)46-19-10-11-21-50(46)57-51)45-31-25-38(26-32-45)40-28-34-52-48(36-40)54-49(20-12-22-53(54)58-52)56(42-15-6-2-7-16-42)43-17-8-3-9-18-43/h1-36H. The predicted molar refractivity (Wildman–Crippen MR) is 247 cm³/mol. The molecule has 0 bridgehead atoms. The molecule has 58 heavy (non-hydrogen) atoms. The molecule has 0 atom stereocenters. The first-order chi connectivity index (χ1) is 28.7. The number of benzene rings is 9. The Morgan fingerprint density at radius 1 is 0.310 bits per heavy atom. The third-order valence-corrected chi connectivity index (χ3v) is 12.2. The first-order valence-corrected chi connectivity index (χ1v) is 20.4. The average molecular weight is 761 g/mol. The van der Waals surface area contributed by atoms with E-state index in [1.165, 1.54) is 37.0 Å². The summed E-state index contributed by atoms with van der Waals surface area (Å²) >= 11 is 1.85. The number of fused-ring (bicyclic) bond motifs is 6. The van der Waals surface area contributed by atoms with Crippen LogP contribution in [0.1, 0.15) is 0 Å². The Bertz CT molecular complexity index is 3170. The van der Waals surface area contributed by atoms with Crippen molar-refractivity contribution in [1.29, 1.82) is 0 Å². The molecule has 0 aliphatic rings. The minimum absolute atomic E-state index is 0.909. The van der Waals surface area contributed by atoms with E-state index in [9.17, 15) is 0 Å². The van der Waals surface area contributed by atoms with E-state index in [4.69, 9.17) is 4.42 Å². The molecule has 0 spiro atoms. The lowest BCUT2D eigenvalue weighted by molar-refractivity contribution is 0.669. The second kappa shape index (κ2) is 14.3. The number of furan rings is 1. The normalized spacial score (nSPS) is 11.4. The number of nitrogens with zero attached hydrogens (tertiary/aromatic N) is 2. The van der Waals surface area contributed by atoms with Gasteiger partial charge in [-0.25, -0.2) is 0 Å². The van der Waals surface area contributed by atoms with Gasteiger partial charge in [0.2, 0.25) is 0 Å². The maximum Gasteiger partial charge on any atom is 0.135 e. The van der Waals surface area contributed by atoms with E-state index in [1.807, 2.05) is 23.5 Å². The van der Waals surface area contributed by atoms with Crippen molar-refractivity contribution in [2.75, 3.05) is 9.80 Å². The van der Waals surface area contributed by atoms with Crippen LogP contribution in [0.4, 0.5) is 34.1 Å². The molecule has 274 valence electrons. The van der Waals surface area contributed by atoms with Crippen molar-refractivity contribution < 1.29 is 4.42 Å². The second-order valence-electron chi connectivity index (χ2n) is 14.5. The lowest BCUT2D eigenvalue weighted by atomic mass is 10.0. The zero-order valence-corrected chi connectivity index (χ0v) is 32.3. The Labute approximate surface area is 340 Å². The molecule has 11 aromatic rings. The zero-order chi connectivity index (χ0) is 38.4. The molecule has 9 aromatic carbocycles. The van der Waals surface area contributed by atoms with Gasteiger partial charge >= 0.3 is 0 Å². The maximum absolute atomic E-state index is 6.10. The molecule has 2 heterocycles. The zero-order valence-electron chi connectivity index (χ0n) is 31.5. The molecule has 2 aromatic heterocycles. The lowest BCUT2D eigenvalue weighted by Crippen LogP contribution is -2.09. The molecule has 0 fully saturated rings. The van der Waals surface area contributed by atoms with E-state index in [-0.39, 0.29) is 0 Å². The second-order valence-corrected chi connectivity index (χ2v) is 15.6. The third kappa shape index (κ3) is 5.99. The SMILES string of the molecule is c1ccc(N(c2ccc(-c3ccc4oc5ccccc5c4c3)cc2)c2ccc(-c3ccc4sc5cccc(N(c6ccccc6)c6ccccc6)c5c4c3)cc2)cc1. The van der Waals surface area contributed by atoms with Gasteiger partial charge in [-0.1, -0.05) is 115 Å². The highest BCUT2D eigenvalue weighted by atomic mass is 32.1. The Kier molecular flexibility index (Phi) is 8.34. The molecule has 11 rings (SSSR count). The van der Waals surface area contributed by atoms with E-state index in [0.717, 1.165) is 61.5 Å². The molecule has 3 nitrogen and oxygen atoms in total. The van der Waals surface area contributed by atoms with Gasteiger partial charge in [-0.3, -0.25) is 0 Å². The van der Waals surface area contributed by atoms with Crippen molar-refractivity contribution in [3.8, 4) is 22.3 Å². The molecular formula is C54H36N2OS. The molecule has 0 aliphatic heterocycles. The summed E-state index contributed by atoms with van der Waals surface area (Å²) in [5.41, 5.74) is 13.3. The molecule has 0 unspecified atom stereocenters. The van der Waals surface area contributed by atoms with Crippen LogP contribution >= 0.6 is 11.3 Å². The number of hydrogen-bond donors (Lipinski definition) is 0. The van der Waals surface area contributed by atoms with Crippen LogP contribution in [0.2, 0.25) is 0 Å². The molecule has 0 radical (unpaired) electrons. The van der Waals surface area contributed by atoms with Crippen molar-refractivity contribution in [2.45, 2.75) is 0 Å². The van der Waals surface area contributed by atoms with Crippen LogP contribution in [0.5, 0.6) is 0 Å². The van der Waals surface area contributed by atoms with Crippen molar-refractivity contribution in [1.82, 2.24) is 0 Å². The van der Waals surface area contributed by atoms with Gasteiger partial charge in [-0.2, -0.15) is 0 Å². The highest BCUT2D eigenvalue weighted by molar-refractivity contribution is 7.26. The van der Waals surface area contributed by atoms with Crippen molar-refractivity contribution in [3.05, 3.63) is 218 Å². The number of anilines is 6. The highest BCUT2D eigenvalue weighted by Gasteiger charge is 2.19. The number of para-hydroxylation sites is 4. The summed E-state index contributed by atoms with van der Waals surface area (Å²) < 4.78 is 8.65. The van der Waals surface area contributed by atoms with Crippen LogP contribution in [0, 0.1) is 0 Å². The summed E-state index contributed by atoms with van der Waals surface area (Å²) in [5.74, 6) is 0. The van der Waals surface area contributed by atoms with Crippen molar-refractivity contribution in [3.63, 3.8) is 0 Å². The molecule has 4 heteroatoms. The van der Waals surface area contributed by atoms with Crippen LogP contribution in [0.15, 0.2) is 223 Å². The first-order valence-electron chi connectivity index (χ1n) is 19.6. The minimum atomic E-state index is 0.909. The Balaban J connectivity index is 0.954. The topological polar surface area (TPSA) is 19.6 Å². The lowest BCUT2D eigenvalue weighted by Gasteiger charge is -2.26. The van der Waals surface area contributed by atoms with Crippen molar-refractivity contribution in [2.24, 2.45) is 0 Å². The number of thiophene rings is 1. The van der Waals surface area contributed by atoms with Gasteiger partial charge < -0.3 is 14.2 Å². The van der Waals surface area contributed by atoms with Crippen LogP contribution in [-0.2, 0) is 0 Å². The van der Waals surface area contributed by atoms with Gasteiger partial charge in [0.1, 0.15) is 11.2 Å². The fourth-order valence-corrected chi connectivity index (χ4v) is 9.40. The van der Waals surface area contributed by atoms with Crippen LogP contribution in [-0.4, -0.2) is 0 Å². The average Bonchev–Trinajstić information content (AvgIpc) is 3.86. The van der Waals surface area contributed by atoms with Crippen LogP contribution in [0.3, 0.4) is 0 Å². The van der Waals surface area contributed by atoms with Gasteiger partial charge in [-0.15, -0.1) is 11.3 Å². The molecule has 0 saturated heterocycles. The third-order valence-electron chi connectivity index (χ3n) is 11.1. The predicted octanol–water partition coefficient (Wildman–Crippen LogP) is 16.2. The maximum atomic E-state index is 6.10. The van der Waals surface area contributed by atoms with Crippen molar-refractivity contribution >= 4 is 87.6 Å². The number of rotatable bonds is 8. The summed E-state index contributed by atoms with van der Waals surface area (Å²) in [6.07, 6.45) is 0. The molecule has 0 N–H and O–H groups in total. The summed E-state index contributed by atoms with van der Waals surface area (Å²) in [6, 6.07) is 78.1. The molecule has 0 amide bonds. The first kappa shape index (κ1) is 33.9. The summed E-state index contributed by atoms with van der Waals surface area (Å²) in [6.45, 7) is 0. The fraction of sp³-hybridized carbons (Fsp3) is 0. The van der Waals surface area contributed by atoms with E-state index in [2.05, 4.69) is 216 Å². The quantitative estimate of drug-likeness (QED) is 0.154. The van der Waals surface area contributed by atoms with Crippen LogP contribution in [0.25, 0.3) is 64.4 Å². The molecule has 0 aliphatic carbocycles. The van der Waals surface area contributed by atoms with Gasteiger partial charge in [0.15, 0.2) is 0 Å². The summed E-state index contributed by atoms with van der Waals surface area (Å²) in [5, 5.41) is 4.81. The summed E-state index contributed by atoms with van der Waals surface area (Å²) in [4.78, 5) is 4.70. The minimum Gasteiger partial charge on any atom is -0.456 e. The number of hydrogen-bond acceptors (Lipinski definition) is 4. The van der Waals surface area contributed by atoms with Gasteiger partial charge in [0, 0.05) is 59.4 Å². The highest BCUT2D eigenvalue weighted by Crippen LogP contribution is 2.46. The largest absolute Gasteiger partial charge is 0.456 e. The molecule has 0 saturated carbocycles. The monoisotopic (exact) mass is 760 g/mol. The van der Waals surface area contributed by atoms with E-state index in [0.29, 0.717) is 0 Å². The summed E-state index contributed by atoms with van der Waals surface area (Å²) in [7, 11) is 0. The Morgan fingerprint density at radius 3 is 1.41 bits per heavy atom. The smallest absolute Gasteiger partial charge is 0.135 e. The Morgan fingerprint density at radius 2 is 0.793 bits per heavy atom. The van der Waals surface area contributed by atoms with Gasteiger partial charge in [-0.05, 0) is 125 Å². The van der Waals surface area contributed by atoms with E-state index >= 15 is 0 Å². The van der Waals surface area contributed by atoms with Gasteiger partial charge in [0.25, 0.3) is 0 Å². The molecular weight excluding hydrogens is 725 g/mol. The Hall–Kier alpha value is -7.40. The van der Waals surface area contributed by atoms with E-state index in [1.54, 1.807) is 0 Å². The van der Waals surface area contributed by atoms with E-state index < -0.39 is 0 Å². The fourth-order valence-electron chi connectivity index (χ4n) is 8.29. The van der Waals surface area contributed by atoms with Gasteiger partial charge in [0.05, 0.1) is 5.69 Å². The van der Waals surface area contributed by atoms with Crippen LogP contribution < -0.4 is 9.80 Å².